The number of rotatable bonds is 5. The van der Waals surface area contributed by atoms with Gasteiger partial charge in [-0.3, -0.25) is 4.79 Å². The first-order valence-electron chi connectivity index (χ1n) is 5.72. The fraction of sp³-hybridized carbons (Fsp3) is 0.385. The number of carbonyl (C=O) groups excluding carboxylic acids is 1. The highest BCUT2D eigenvalue weighted by Crippen LogP contribution is 2.17. The molecule has 1 amide bonds. The van der Waals surface area contributed by atoms with Crippen molar-refractivity contribution in [2.45, 2.75) is 6.10 Å². The zero-order chi connectivity index (χ0) is 15.3. The first-order chi connectivity index (χ1) is 9.40. The second-order valence-electron chi connectivity index (χ2n) is 4.22. The molecule has 0 saturated heterocycles. The van der Waals surface area contributed by atoms with Gasteiger partial charge in [-0.05, 0) is 12.1 Å². The van der Waals surface area contributed by atoms with Crippen LogP contribution in [0.5, 0.6) is 0 Å². The number of aliphatic hydroxyl groups is 1. The van der Waals surface area contributed by atoms with Gasteiger partial charge in [0.2, 0.25) is 0 Å². The second-order valence-corrected chi connectivity index (χ2v) is 4.22. The van der Waals surface area contributed by atoms with E-state index in [0.717, 1.165) is 17.0 Å². The summed E-state index contributed by atoms with van der Waals surface area (Å²) in [6.45, 7) is -0.137. The van der Waals surface area contributed by atoms with Crippen molar-refractivity contribution in [1.82, 2.24) is 4.90 Å². The Morgan fingerprint density at radius 1 is 1.50 bits per heavy atom. The second kappa shape index (κ2) is 6.93. The molecule has 0 aliphatic carbocycles. The molecule has 1 rings (SSSR count). The Morgan fingerprint density at radius 2 is 2.05 bits per heavy atom. The molecule has 20 heavy (non-hydrogen) atoms. The van der Waals surface area contributed by atoms with E-state index in [1.54, 1.807) is 6.07 Å². The highest BCUT2D eigenvalue weighted by molar-refractivity contribution is 5.94. The molecule has 0 aliphatic heterocycles. The smallest absolute Gasteiger partial charge is 0.259 e. The maximum Gasteiger partial charge on any atom is 0.259 e. The first kappa shape index (κ1) is 16.0. The Balaban J connectivity index is 2.95. The van der Waals surface area contributed by atoms with Gasteiger partial charge in [0, 0.05) is 20.7 Å². The summed E-state index contributed by atoms with van der Waals surface area (Å²) >= 11 is 0. The van der Waals surface area contributed by atoms with Gasteiger partial charge in [-0.15, -0.1) is 0 Å². The summed E-state index contributed by atoms with van der Waals surface area (Å²) in [7, 11) is 2.68. The van der Waals surface area contributed by atoms with Crippen LogP contribution in [0.2, 0.25) is 0 Å². The Kier molecular flexibility index (Phi) is 5.55. The normalized spacial score (nSPS) is 11.8. The number of nitrogens with zero attached hydrogens (tertiary/aromatic N) is 2. The number of amides is 1. The van der Waals surface area contributed by atoms with Crippen LogP contribution in [0.1, 0.15) is 15.9 Å². The molecular formula is C13H14F2N2O3. The average molecular weight is 284 g/mol. The number of ether oxygens (including phenoxy) is 1. The number of halogens is 2. The zero-order valence-electron chi connectivity index (χ0n) is 11.1. The summed E-state index contributed by atoms with van der Waals surface area (Å²) < 4.78 is 32.0. The van der Waals surface area contributed by atoms with Crippen molar-refractivity contribution in [1.29, 1.82) is 5.26 Å². The SMILES string of the molecule is COCC(O)CN(C)C(=O)c1c(F)cc(C#N)cc1F. The van der Waals surface area contributed by atoms with E-state index in [0.29, 0.717) is 0 Å². The van der Waals surface area contributed by atoms with Crippen LogP contribution in [-0.4, -0.2) is 49.3 Å². The molecule has 7 heteroatoms. The molecule has 1 atom stereocenters. The fourth-order valence-electron chi connectivity index (χ4n) is 1.68. The van der Waals surface area contributed by atoms with Gasteiger partial charge >= 0.3 is 0 Å². The first-order valence-corrected chi connectivity index (χ1v) is 5.72. The molecule has 108 valence electrons. The van der Waals surface area contributed by atoms with Crippen molar-refractivity contribution < 1.29 is 23.4 Å². The van der Waals surface area contributed by atoms with Crippen LogP contribution < -0.4 is 0 Å². The average Bonchev–Trinajstić information content (AvgIpc) is 2.37. The van der Waals surface area contributed by atoms with Crippen LogP contribution in [0.15, 0.2) is 12.1 Å². The lowest BCUT2D eigenvalue weighted by atomic mass is 10.1. The van der Waals surface area contributed by atoms with Gasteiger partial charge in [0.15, 0.2) is 0 Å². The number of aliphatic hydroxyl groups excluding tert-OH is 1. The highest BCUT2D eigenvalue weighted by Gasteiger charge is 2.23. The van der Waals surface area contributed by atoms with Gasteiger partial charge in [0.25, 0.3) is 5.91 Å². The fourth-order valence-corrected chi connectivity index (χ4v) is 1.68. The van der Waals surface area contributed by atoms with Crippen molar-refractivity contribution in [3.05, 3.63) is 34.9 Å². The number of benzene rings is 1. The molecule has 0 fully saturated rings. The summed E-state index contributed by atoms with van der Waals surface area (Å²) in [6.07, 6.45) is -0.960. The number of likely N-dealkylation sites (N-methyl/N-ethyl adjacent to an activating group) is 1. The lowest BCUT2D eigenvalue weighted by Crippen LogP contribution is -2.37. The van der Waals surface area contributed by atoms with Gasteiger partial charge in [0.1, 0.15) is 17.2 Å². The quantitative estimate of drug-likeness (QED) is 0.872. The summed E-state index contributed by atoms with van der Waals surface area (Å²) in [5, 5.41) is 18.1. The van der Waals surface area contributed by atoms with Crippen LogP contribution in [0.25, 0.3) is 0 Å². The van der Waals surface area contributed by atoms with E-state index < -0.39 is 29.2 Å². The van der Waals surface area contributed by atoms with Crippen LogP contribution in [0, 0.1) is 23.0 Å². The van der Waals surface area contributed by atoms with Gasteiger partial charge in [-0.2, -0.15) is 5.26 Å². The van der Waals surface area contributed by atoms with Crippen molar-refractivity contribution in [2.75, 3.05) is 27.3 Å². The van der Waals surface area contributed by atoms with E-state index in [2.05, 4.69) is 0 Å². The number of methoxy groups -OCH3 is 1. The minimum atomic E-state index is -1.11. The largest absolute Gasteiger partial charge is 0.389 e. The van der Waals surface area contributed by atoms with E-state index in [-0.39, 0.29) is 18.7 Å². The molecular weight excluding hydrogens is 270 g/mol. The van der Waals surface area contributed by atoms with Gasteiger partial charge in [-0.1, -0.05) is 0 Å². The number of hydrogen-bond donors (Lipinski definition) is 1. The van der Waals surface area contributed by atoms with Gasteiger partial charge in [0.05, 0.1) is 24.3 Å². The zero-order valence-corrected chi connectivity index (χ0v) is 11.1. The Bertz CT molecular complexity index is 520. The molecule has 5 nitrogen and oxygen atoms in total. The number of carbonyl (C=O) groups is 1. The maximum atomic E-state index is 13.7. The van der Waals surface area contributed by atoms with Crippen LogP contribution in [-0.2, 0) is 4.74 Å². The van der Waals surface area contributed by atoms with Crippen LogP contribution in [0.3, 0.4) is 0 Å². The molecule has 0 bridgehead atoms. The Hall–Kier alpha value is -2.04. The predicted molar refractivity (Wildman–Crippen MR) is 65.9 cm³/mol. The van der Waals surface area contributed by atoms with Crippen molar-refractivity contribution in [2.24, 2.45) is 0 Å². The van der Waals surface area contributed by atoms with Crippen molar-refractivity contribution >= 4 is 5.91 Å². The molecule has 1 unspecified atom stereocenters. The van der Waals surface area contributed by atoms with E-state index in [9.17, 15) is 18.7 Å². The van der Waals surface area contributed by atoms with E-state index in [4.69, 9.17) is 10.00 Å². The molecule has 1 aromatic rings. The highest BCUT2D eigenvalue weighted by atomic mass is 19.1. The van der Waals surface area contributed by atoms with Crippen molar-refractivity contribution in [3.8, 4) is 6.07 Å². The molecule has 0 saturated carbocycles. The predicted octanol–water partition coefficient (Wildman–Crippen LogP) is 0.916. The van der Waals surface area contributed by atoms with Crippen molar-refractivity contribution in [3.63, 3.8) is 0 Å². The maximum absolute atomic E-state index is 13.7. The minimum absolute atomic E-state index is 0.00401. The molecule has 0 heterocycles. The van der Waals surface area contributed by atoms with Gasteiger partial charge < -0.3 is 14.7 Å². The third-order valence-electron chi connectivity index (χ3n) is 2.58. The van der Waals surface area contributed by atoms with E-state index in [1.807, 2.05) is 0 Å². The third kappa shape index (κ3) is 3.73. The number of hydrogen-bond acceptors (Lipinski definition) is 4. The summed E-state index contributed by atoms with van der Waals surface area (Å²) in [6, 6.07) is 3.17. The molecule has 0 aliphatic rings. The monoisotopic (exact) mass is 284 g/mol. The molecule has 1 N–H and O–H groups in total. The summed E-state index contributed by atoms with van der Waals surface area (Å²) in [5.41, 5.74) is -0.963. The minimum Gasteiger partial charge on any atom is -0.389 e. The van der Waals surface area contributed by atoms with E-state index >= 15 is 0 Å². The molecule has 1 aromatic carbocycles. The lowest BCUT2D eigenvalue weighted by molar-refractivity contribution is 0.0376. The van der Waals surface area contributed by atoms with Gasteiger partial charge in [-0.25, -0.2) is 8.78 Å². The van der Waals surface area contributed by atoms with Crippen LogP contribution in [0.4, 0.5) is 8.78 Å². The molecule has 0 radical (unpaired) electrons. The molecule has 0 spiro atoms. The molecule has 0 aromatic heterocycles. The Morgan fingerprint density at radius 3 is 2.50 bits per heavy atom. The van der Waals surface area contributed by atoms with E-state index in [1.165, 1.54) is 14.2 Å². The third-order valence-corrected chi connectivity index (χ3v) is 2.58. The topological polar surface area (TPSA) is 73.6 Å². The lowest BCUT2D eigenvalue weighted by Gasteiger charge is -2.21. The Labute approximate surface area is 115 Å². The van der Waals surface area contributed by atoms with Crippen LogP contribution >= 0.6 is 0 Å². The number of nitriles is 1. The standard InChI is InChI=1S/C13H14F2N2O3/c1-17(6-9(18)7-20-2)13(19)12-10(14)3-8(5-16)4-11(12)15/h3-4,9,18H,6-7H2,1-2H3. The summed E-state index contributed by atoms with van der Waals surface area (Å²) in [5.74, 6) is -3.14. The summed E-state index contributed by atoms with van der Waals surface area (Å²) in [4.78, 5) is 12.9.